The van der Waals surface area contributed by atoms with Crippen molar-refractivity contribution < 1.29 is 19.1 Å². The number of rotatable bonds is 4. The highest BCUT2D eigenvalue weighted by molar-refractivity contribution is 5.89. The molecule has 0 bridgehead atoms. The Hall–Kier alpha value is -3.08. The molecule has 0 radical (unpaired) electrons. The van der Waals surface area contributed by atoms with Gasteiger partial charge in [0.25, 0.3) is 0 Å². The molecule has 5 heteroatoms. The van der Waals surface area contributed by atoms with Crippen LogP contribution in [-0.2, 0) is 4.79 Å². The van der Waals surface area contributed by atoms with Crippen molar-refractivity contribution in [1.29, 1.82) is 0 Å². The van der Waals surface area contributed by atoms with Crippen LogP contribution in [0.1, 0.15) is 20.3 Å². The van der Waals surface area contributed by atoms with Crippen molar-refractivity contribution in [3.05, 3.63) is 58.8 Å². The number of ether oxygens (including phenoxy) is 1. The molecular formula is C20H18O5. The summed E-state index contributed by atoms with van der Waals surface area (Å²) in [5, 5.41) is 10.3. The molecule has 5 nitrogen and oxygen atoms in total. The van der Waals surface area contributed by atoms with E-state index in [2.05, 4.69) is 0 Å². The Morgan fingerprint density at radius 2 is 1.88 bits per heavy atom. The van der Waals surface area contributed by atoms with Crippen LogP contribution in [0.15, 0.2) is 57.7 Å². The van der Waals surface area contributed by atoms with Crippen molar-refractivity contribution in [1.82, 2.24) is 0 Å². The minimum absolute atomic E-state index is 0.0588. The molecule has 0 atom stereocenters. The molecule has 0 aliphatic heterocycles. The predicted octanol–water partition coefficient (Wildman–Crippen LogP) is 4.12. The summed E-state index contributed by atoms with van der Waals surface area (Å²) in [6, 6.07) is 13.3. The Bertz CT molecular complexity index is 971. The number of carbonyl (C=O) groups excluding carboxylic acids is 1. The normalized spacial score (nSPS) is 11.0. The van der Waals surface area contributed by atoms with E-state index < -0.39 is 5.97 Å². The Morgan fingerprint density at radius 3 is 2.56 bits per heavy atom. The van der Waals surface area contributed by atoms with E-state index in [1.165, 1.54) is 18.2 Å². The molecule has 3 rings (SSSR count). The van der Waals surface area contributed by atoms with Crippen molar-refractivity contribution in [2.24, 2.45) is 5.92 Å². The topological polar surface area (TPSA) is 76.7 Å². The first-order valence-electron chi connectivity index (χ1n) is 8.01. The molecule has 3 aromatic rings. The molecule has 0 saturated carbocycles. The van der Waals surface area contributed by atoms with Gasteiger partial charge in [-0.2, -0.15) is 0 Å². The Labute approximate surface area is 144 Å². The third-order valence-electron chi connectivity index (χ3n) is 3.68. The molecule has 128 valence electrons. The van der Waals surface area contributed by atoms with Gasteiger partial charge in [-0.15, -0.1) is 0 Å². The van der Waals surface area contributed by atoms with Crippen molar-refractivity contribution in [2.45, 2.75) is 20.3 Å². The number of benzene rings is 2. The molecule has 1 heterocycles. The van der Waals surface area contributed by atoms with Gasteiger partial charge in [-0.05, 0) is 18.1 Å². The molecule has 0 amide bonds. The second-order valence-electron chi connectivity index (χ2n) is 6.20. The van der Waals surface area contributed by atoms with E-state index in [4.69, 9.17) is 9.15 Å². The summed E-state index contributed by atoms with van der Waals surface area (Å²) < 4.78 is 11.1. The standard InChI is InChI=1S/C20H18O5/c1-12(2)10-18(23)25-20-15(21)9-8-14-16(22)11-17(24-19(14)20)13-6-4-3-5-7-13/h3-9,11-12,21H,10H2,1-2H3. The first-order valence-corrected chi connectivity index (χ1v) is 8.01. The van der Waals surface area contributed by atoms with Crippen LogP contribution < -0.4 is 10.2 Å². The Kier molecular flexibility index (Phi) is 4.57. The van der Waals surface area contributed by atoms with Gasteiger partial charge in [0.15, 0.2) is 16.8 Å². The number of hydrogen-bond acceptors (Lipinski definition) is 5. The molecule has 0 aliphatic rings. The Morgan fingerprint density at radius 1 is 1.16 bits per heavy atom. The molecule has 0 fully saturated rings. The lowest BCUT2D eigenvalue weighted by Crippen LogP contribution is -2.12. The molecule has 0 aliphatic carbocycles. The third kappa shape index (κ3) is 3.55. The first kappa shape index (κ1) is 16.8. The Balaban J connectivity index is 2.16. The summed E-state index contributed by atoms with van der Waals surface area (Å²) >= 11 is 0. The maximum atomic E-state index is 12.4. The molecule has 0 spiro atoms. The van der Waals surface area contributed by atoms with Gasteiger partial charge in [0.05, 0.1) is 5.39 Å². The van der Waals surface area contributed by atoms with Gasteiger partial charge < -0.3 is 14.3 Å². The van der Waals surface area contributed by atoms with E-state index >= 15 is 0 Å². The number of phenols is 1. The lowest BCUT2D eigenvalue weighted by atomic mass is 10.1. The maximum Gasteiger partial charge on any atom is 0.311 e. The summed E-state index contributed by atoms with van der Waals surface area (Å²) in [5.74, 6) is -0.428. The maximum absolute atomic E-state index is 12.4. The van der Waals surface area contributed by atoms with Crippen LogP contribution in [-0.4, -0.2) is 11.1 Å². The number of hydrogen-bond donors (Lipinski definition) is 1. The van der Waals surface area contributed by atoms with Crippen molar-refractivity contribution in [3.63, 3.8) is 0 Å². The van der Waals surface area contributed by atoms with Gasteiger partial charge in [-0.1, -0.05) is 44.2 Å². The summed E-state index contributed by atoms with van der Waals surface area (Å²) in [7, 11) is 0. The SMILES string of the molecule is CC(C)CC(=O)Oc1c(O)ccc2c(=O)cc(-c3ccccc3)oc12. The molecule has 1 N–H and O–H groups in total. The highest BCUT2D eigenvalue weighted by atomic mass is 16.5. The monoisotopic (exact) mass is 338 g/mol. The number of aromatic hydroxyl groups is 1. The van der Waals surface area contributed by atoms with Crippen LogP contribution >= 0.6 is 0 Å². The van der Waals surface area contributed by atoms with Gasteiger partial charge in [-0.3, -0.25) is 9.59 Å². The van der Waals surface area contributed by atoms with Crippen LogP contribution in [0, 0.1) is 5.92 Å². The minimum Gasteiger partial charge on any atom is -0.504 e. The highest BCUT2D eigenvalue weighted by Gasteiger charge is 2.18. The lowest BCUT2D eigenvalue weighted by Gasteiger charge is -2.11. The summed E-state index contributed by atoms with van der Waals surface area (Å²) in [4.78, 5) is 24.4. The fourth-order valence-electron chi connectivity index (χ4n) is 2.52. The van der Waals surface area contributed by atoms with Gasteiger partial charge in [0.2, 0.25) is 5.75 Å². The minimum atomic E-state index is -0.495. The van der Waals surface area contributed by atoms with Crippen molar-refractivity contribution in [2.75, 3.05) is 0 Å². The zero-order chi connectivity index (χ0) is 18.0. The fourth-order valence-corrected chi connectivity index (χ4v) is 2.52. The van der Waals surface area contributed by atoms with E-state index in [0.29, 0.717) is 11.3 Å². The second kappa shape index (κ2) is 6.81. The van der Waals surface area contributed by atoms with E-state index in [1.54, 1.807) is 12.1 Å². The molecule has 25 heavy (non-hydrogen) atoms. The summed E-state index contributed by atoms with van der Waals surface area (Å²) in [6.07, 6.45) is 0.193. The second-order valence-corrected chi connectivity index (χ2v) is 6.20. The smallest absolute Gasteiger partial charge is 0.311 e. The number of esters is 1. The van der Waals surface area contributed by atoms with Gasteiger partial charge in [0, 0.05) is 18.1 Å². The van der Waals surface area contributed by atoms with Crippen LogP contribution in [0.25, 0.3) is 22.3 Å². The van der Waals surface area contributed by atoms with E-state index in [0.717, 1.165) is 0 Å². The van der Waals surface area contributed by atoms with Gasteiger partial charge in [-0.25, -0.2) is 0 Å². The van der Waals surface area contributed by atoms with Crippen molar-refractivity contribution in [3.8, 4) is 22.8 Å². The molecule has 0 unspecified atom stereocenters. The quantitative estimate of drug-likeness (QED) is 0.572. The average molecular weight is 338 g/mol. The largest absolute Gasteiger partial charge is 0.504 e. The summed E-state index contributed by atoms with van der Waals surface area (Å²) in [5.41, 5.74) is 0.494. The molecule has 2 aromatic carbocycles. The van der Waals surface area contributed by atoms with Gasteiger partial charge in [0.1, 0.15) is 5.76 Å². The third-order valence-corrected chi connectivity index (χ3v) is 3.68. The highest BCUT2D eigenvalue weighted by Crippen LogP contribution is 2.36. The van der Waals surface area contributed by atoms with Crippen molar-refractivity contribution >= 4 is 16.9 Å². The average Bonchev–Trinajstić information content (AvgIpc) is 2.57. The van der Waals surface area contributed by atoms with Crippen LogP contribution in [0.4, 0.5) is 0 Å². The number of carbonyl (C=O) groups is 1. The van der Waals surface area contributed by atoms with Crippen LogP contribution in [0.2, 0.25) is 0 Å². The van der Waals surface area contributed by atoms with Gasteiger partial charge >= 0.3 is 5.97 Å². The number of phenolic OH excluding ortho intramolecular Hbond substituents is 1. The predicted molar refractivity (Wildman–Crippen MR) is 94.7 cm³/mol. The summed E-state index contributed by atoms with van der Waals surface area (Å²) in [6.45, 7) is 3.77. The lowest BCUT2D eigenvalue weighted by molar-refractivity contribution is -0.135. The van der Waals surface area contributed by atoms with Crippen LogP contribution in [0.5, 0.6) is 11.5 Å². The first-order chi connectivity index (χ1) is 12.0. The zero-order valence-electron chi connectivity index (χ0n) is 14.0. The number of fused-ring (bicyclic) bond motifs is 1. The molecule has 1 aromatic heterocycles. The van der Waals surface area contributed by atoms with E-state index in [1.807, 2.05) is 32.0 Å². The van der Waals surface area contributed by atoms with Crippen LogP contribution in [0.3, 0.4) is 0 Å². The zero-order valence-corrected chi connectivity index (χ0v) is 14.0. The van der Waals surface area contributed by atoms with E-state index in [-0.39, 0.29) is 40.2 Å². The fraction of sp³-hybridized carbons (Fsp3) is 0.200. The van der Waals surface area contributed by atoms with E-state index in [9.17, 15) is 14.7 Å². The molecular weight excluding hydrogens is 320 g/mol. The molecule has 0 saturated heterocycles.